The number of hydrogen-bond donors (Lipinski definition) is 1. The van der Waals surface area contributed by atoms with E-state index in [9.17, 15) is 0 Å². The summed E-state index contributed by atoms with van der Waals surface area (Å²) < 4.78 is 0. The predicted molar refractivity (Wildman–Crippen MR) is 86.5 cm³/mol. The third-order valence-corrected chi connectivity index (χ3v) is 3.62. The van der Waals surface area contributed by atoms with Gasteiger partial charge in [0.1, 0.15) is 0 Å². The summed E-state index contributed by atoms with van der Waals surface area (Å²) >= 11 is 0. The first kappa shape index (κ1) is 18.9. The number of likely N-dealkylation sites (N-methyl/N-ethyl adjacent to an activating group) is 1. The van der Waals surface area contributed by atoms with Crippen LogP contribution >= 0.6 is 0 Å². The van der Waals surface area contributed by atoms with Gasteiger partial charge >= 0.3 is 0 Å². The van der Waals surface area contributed by atoms with Gasteiger partial charge in [-0.3, -0.25) is 0 Å². The first-order valence-corrected chi connectivity index (χ1v) is 7.84. The Morgan fingerprint density at radius 2 is 1.63 bits per heavy atom. The van der Waals surface area contributed by atoms with Crippen LogP contribution in [-0.4, -0.2) is 56.6 Å². The van der Waals surface area contributed by atoms with Gasteiger partial charge in [0.15, 0.2) is 0 Å². The van der Waals surface area contributed by atoms with E-state index >= 15 is 0 Å². The van der Waals surface area contributed by atoms with Gasteiger partial charge < -0.3 is 15.5 Å². The average molecular weight is 271 g/mol. The molecule has 3 heteroatoms. The highest BCUT2D eigenvalue weighted by Gasteiger charge is 2.15. The van der Waals surface area contributed by atoms with Crippen LogP contribution in [0.4, 0.5) is 0 Å². The summed E-state index contributed by atoms with van der Waals surface area (Å²) in [4.78, 5) is 4.88. The second kappa shape index (κ2) is 9.73. The SMILES string of the molecule is CC(C)CN(CCCCC(C)(C)CN)CCN(C)C. The molecule has 0 rings (SSSR count). The van der Waals surface area contributed by atoms with Crippen molar-refractivity contribution >= 4 is 0 Å². The molecule has 0 aromatic carbocycles. The molecular formula is C16H37N3. The Kier molecular flexibility index (Phi) is 9.67. The summed E-state index contributed by atoms with van der Waals surface area (Å²) in [7, 11) is 4.30. The summed E-state index contributed by atoms with van der Waals surface area (Å²) in [5.74, 6) is 0.752. The van der Waals surface area contributed by atoms with E-state index < -0.39 is 0 Å². The van der Waals surface area contributed by atoms with Gasteiger partial charge in [0.2, 0.25) is 0 Å². The summed E-state index contributed by atoms with van der Waals surface area (Å²) in [6.07, 6.45) is 3.83. The number of hydrogen-bond acceptors (Lipinski definition) is 3. The molecule has 2 N–H and O–H groups in total. The Balaban J connectivity index is 3.91. The van der Waals surface area contributed by atoms with Gasteiger partial charge in [-0.15, -0.1) is 0 Å². The maximum absolute atomic E-state index is 5.78. The summed E-state index contributed by atoms with van der Waals surface area (Å²) in [5, 5.41) is 0. The van der Waals surface area contributed by atoms with Crippen LogP contribution in [0.3, 0.4) is 0 Å². The van der Waals surface area contributed by atoms with Gasteiger partial charge in [0.25, 0.3) is 0 Å². The monoisotopic (exact) mass is 271 g/mol. The van der Waals surface area contributed by atoms with Gasteiger partial charge in [-0.2, -0.15) is 0 Å². The lowest BCUT2D eigenvalue weighted by Gasteiger charge is -2.27. The molecule has 3 nitrogen and oxygen atoms in total. The molecule has 116 valence electrons. The molecule has 0 saturated carbocycles. The molecule has 0 unspecified atom stereocenters. The van der Waals surface area contributed by atoms with Gasteiger partial charge in [0.05, 0.1) is 0 Å². The van der Waals surface area contributed by atoms with E-state index in [4.69, 9.17) is 5.73 Å². The van der Waals surface area contributed by atoms with Gasteiger partial charge in [0, 0.05) is 19.6 Å². The molecule has 0 bridgehead atoms. The van der Waals surface area contributed by atoms with Crippen LogP contribution in [0.25, 0.3) is 0 Å². The first-order chi connectivity index (χ1) is 8.76. The second-order valence-corrected chi connectivity index (χ2v) is 7.32. The van der Waals surface area contributed by atoms with Crippen molar-refractivity contribution in [3.8, 4) is 0 Å². The number of rotatable bonds is 11. The van der Waals surface area contributed by atoms with E-state index in [-0.39, 0.29) is 0 Å². The van der Waals surface area contributed by atoms with E-state index in [1.807, 2.05) is 0 Å². The summed E-state index contributed by atoms with van der Waals surface area (Å²) in [6.45, 7) is 14.7. The van der Waals surface area contributed by atoms with Crippen molar-refractivity contribution in [1.29, 1.82) is 0 Å². The summed E-state index contributed by atoms with van der Waals surface area (Å²) in [6, 6.07) is 0. The van der Waals surface area contributed by atoms with Crippen LogP contribution < -0.4 is 5.73 Å². The van der Waals surface area contributed by atoms with E-state index in [1.54, 1.807) is 0 Å². The third kappa shape index (κ3) is 11.4. The molecule has 0 aliphatic rings. The fourth-order valence-corrected chi connectivity index (χ4v) is 2.19. The van der Waals surface area contributed by atoms with Crippen LogP contribution in [-0.2, 0) is 0 Å². The fraction of sp³-hybridized carbons (Fsp3) is 1.00. The smallest absolute Gasteiger partial charge is 0.0109 e. The molecule has 0 aliphatic heterocycles. The number of nitrogens with two attached hydrogens (primary N) is 1. The Hall–Kier alpha value is -0.120. The lowest BCUT2D eigenvalue weighted by atomic mass is 9.87. The molecule has 0 radical (unpaired) electrons. The molecule has 0 saturated heterocycles. The lowest BCUT2D eigenvalue weighted by Crippen LogP contribution is -2.35. The molecule has 0 atom stereocenters. The molecule has 0 amide bonds. The largest absolute Gasteiger partial charge is 0.330 e. The van der Waals surface area contributed by atoms with E-state index in [1.165, 1.54) is 38.9 Å². The van der Waals surface area contributed by atoms with Crippen LogP contribution in [0.5, 0.6) is 0 Å². The number of unbranched alkanes of at least 4 members (excludes halogenated alkanes) is 1. The third-order valence-electron chi connectivity index (χ3n) is 3.62. The zero-order valence-electron chi connectivity index (χ0n) is 14.2. The normalized spacial score (nSPS) is 12.9. The molecule has 19 heavy (non-hydrogen) atoms. The Labute approximate surface area is 121 Å². The van der Waals surface area contributed by atoms with E-state index in [2.05, 4.69) is 51.6 Å². The first-order valence-electron chi connectivity index (χ1n) is 7.84. The second-order valence-electron chi connectivity index (χ2n) is 7.32. The van der Waals surface area contributed by atoms with Crippen LogP contribution in [0.1, 0.15) is 47.0 Å². The van der Waals surface area contributed by atoms with E-state index in [0.29, 0.717) is 5.41 Å². The minimum atomic E-state index is 0.312. The molecule has 0 aromatic rings. The van der Waals surface area contributed by atoms with E-state index in [0.717, 1.165) is 19.0 Å². The Bertz CT molecular complexity index is 212. The van der Waals surface area contributed by atoms with Gasteiger partial charge in [-0.1, -0.05) is 34.1 Å². The highest BCUT2D eigenvalue weighted by atomic mass is 15.2. The lowest BCUT2D eigenvalue weighted by molar-refractivity contribution is 0.210. The number of nitrogens with zero attached hydrogens (tertiary/aromatic N) is 2. The predicted octanol–water partition coefficient (Wildman–Crippen LogP) is 2.66. The van der Waals surface area contributed by atoms with Crippen molar-refractivity contribution in [2.75, 3.05) is 46.8 Å². The van der Waals surface area contributed by atoms with Crippen LogP contribution in [0.2, 0.25) is 0 Å². The molecular weight excluding hydrogens is 234 g/mol. The van der Waals surface area contributed by atoms with Crippen molar-refractivity contribution in [3.05, 3.63) is 0 Å². The minimum absolute atomic E-state index is 0.312. The van der Waals surface area contributed by atoms with Crippen molar-refractivity contribution in [2.45, 2.75) is 47.0 Å². The minimum Gasteiger partial charge on any atom is -0.330 e. The standard InChI is InChI=1S/C16H37N3/c1-15(2)13-19(12-11-18(5)6)10-8-7-9-16(3,4)14-17/h15H,7-14,17H2,1-6H3. The Morgan fingerprint density at radius 3 is 2.11 bits per heavy atom. The molecule has 0 fully saturated rings. The summed E-state index contributed by atoms with van der Waals surface area (Å²) in [5.41, 5.74) is 6.09. The van der Waals surface area contributed by atoms with Gasteiger partial charge in [-0.05, 0) is 51.4 Å². The maximum atomic E-state index is 5.78. The highest BCUT2D eigenvalue weighted by Crippen LogP contribution is 2.21. The zero-order chi connectivity index (χ0) is 14.9. The molecule has 0 aromatic heterocycles. The average Bonchev–Trinajstić information content (AvgIpc) is 2.30. The molecule has 0 aliphatic carbocycles. The topological polar surface area (TPSA) is 32.5 Å². The maximum Gasteiger partial charge on any atom is 0.0109 e. The van der Waals surface area contributed by atoms with Crippen molar-refractivity contribution in [3.63, 3.8) is 0 Å². The van der Waals surface area contributed by atoms with Crippen LogP contribution in [0.15, 0.2) is 0 Å². The van der Waals surface area contributed by atoms with Crippen LogP contribution in [0, 0.1) is 11.3 Å². The quantitative estimate of drug-likeness (QED) is 0.586. The fourth-order valence-electron chi connectivity index (χ4n) is 2.19. The molecule has 0 spiro atoms. The van der Waals surface area contributed by atoms with Crippen molar-refractivity contribution < 1.29 is 0 Å². The van der Waals surface area contributed by atoms with Gasteiger partial charge in [-0.25, -0.2) is 0 Å². The molecule has 0 heterocycles. The van der Waals surface area contributed by atoms with Crippen molar-refractivity contribution in [1.82, 2.24) is 9.80 Å². The Morgan fingerprint density at radius 1 is 1.00 bits per heavy atom. The highest BCUT2D eigenvalue weighted by molar-refractivity contribution is 4.70. The van der Waals surface area contributed by atoms with Crippen molar-refractivity contribution in [2.24, 2.45) is 17.1 Å². The zero-order valence-corrected chi connectivity index (χ0v) is 14.2.